The largest absolute Gasteiger partial charge is 0.481 e. The molecule has 0 aromatic heterocycles. The molecule has 0 saturated heterocycles. The van der Waals surface area contributed by atoms with Gasteiger partial charge in [-0.15, -0.1) is 0 Å². The van der Waals surface area contributed by atoms with Gasteiger partial charge in [0.1, 0.15) is 0 Å². The molecule has 4 heteroatoms. The summed E-state index contributed by atoms with van der Waals surface area (Å²) < 4.78 is 0. The minimum absolute atomic E-state index is 0.234. The monoisotopic (exact) mass is 336 g/mol. The van der Waals surface area contributed by atoms with Gasteiger partial charge >= 0.3 is 5.97 Å². The maximum atomic E-state index is 10.3. The zero-order chi connectivity index (χ0) is 18.0. The Morgan fingerprint density at radius 3 is 1.83 bits per heavy atom. The minimum atomic E-state index is -0.736. The Morgan fingerprint density at radius 1 is 0.833 bits per heavy atom. The third kappa shape index (κ3) is 15.3. The molecule has 0 rings (SSSR count). The molecule has 0 amide bonds. The van der Waals surface area contributed by atoms with E-state index < -0.39 is 18.2 Å². The number of aliphatic hydroxyl groups is 2. The van der Waals surface area contributed by atoms with E-state index in [1.54, 1.807) is 0 Å². The summed E-state index contributed by atoms with van der Waals surface area (Å²) in [4.78, 5) is 10.3. The van der Waals surface area contributed by atoms with Gasteiger partial charge < -0.3 is 15.3 Å². The second-order valence-corrected chi connectivity index (χ2v) is 5.66. The van der Waals surface area contributed by atoms with Crippen LogP contribution in [-0.2, 0) is 4.79 Å². The molecule has 4 nitrogen and oxygen atoms in total. The van der Waals surface area contributed by atoms with Gasteiger partial charge in [-0.05, 0) is 44.9 Å². The van der Waals surface area contributed by atoms with Crippen molar-refractivity contribution in [2.24, 2.45) is 0 Å². The molecule has 0 heterocycles. The van der Waals surface area contributed by atoms with Crippen LogP contribution in [0.15, 0.2) is 48.6 Å². The predicted molar refractivity (Wildman–Crippen MR) is 98.8 cm³/mol. The number of allylic oxidation sites excluding steroid dienone is 7. The average Bonchev–Trinajstić information content (AvgIpc) is 2.57. The summed E-state index contributed by atoms with van der Waals surface area (Å²) >= 11 is 0. The lowest BCUT2D eigenvalue weighted by molar-refractivity contribution is -0.137. The van der Waals surface area contributed by atoms with E-state index in [0.717, 1.165) is 25.7 Å². The molecular weight excluding hydrogens is 304 g/mol. The molecule has 0 aromatic carbocycles. The van der Waals surface area contributed by atoms with Gasteiger partial charge in [0.25, 0.3) is 0 Å². The van der Waals surface area contributed by atoms with E-state index in [1.165, 1.54) is 0 Å². The molecule has 0 radical (unpaired) electrons. The van der Waals surface area contributed by atoms with E-state index in [1.807, 2.05) is 25.2 Å². The fourth-order valence-electron chi connectivity index (χ4n) is 1.97. The zero-order valence-electron chi connectivity index (χ0n) is 14.7. The number of aliphatic carboxylic acids is 1. The van der Waals surface area contributed by atoms with Crippen molar-refractivity contribution in [3.05, 3.63) is 48.6 Å². The van der Waals surface area contributed by atoms with Crippen molar-refractivity contribution < 1.29 is 20.1 Å². The fourth-order valence-corrected chi connectivity index (χ4v) is 1.97. The number of carboxylic acid groups (broad SMARTS) is 1. The van der Waals surface area contributed by atoms with Gasteiger partial charge in [-0.3, -0.25) is 4.79 Å². The summed E-state index contributed by atoms with van der Waals surface area (Å²) in [5, 5.41) is 27.5. The second kappa shape index (κ2) is 16.2. The van der Waals surface area contributed by atoms with Crippen LogP contribution < -0.4 is 0 Å². The first-order valence-corrected chi connectivity index (χ1v) is 8.75. The van der Waals surface area contributed by atoms with E-state index >= 15 is 0 Å². The highest BCUT2D eigenvalue weighted by Crippen LogP contribution is 2.04. The quantitative estimate of drug-likeness (QED) is 0.329. The van der Waals surface area contributed by atoms with Crippen molar-refractivity contribution in [3.63, 3.8) is 0 Å². The number of carbonyl (C=O) groups is 1. The van der Waals surface area contributed by atoms with E-state index in [2.05, 4.69) is 30.4 Å². The topological polar surface area (TPSA) is 77.8 Å². The Bertz CT molecular complexity index is 421. The van der Waals surface area contributed by atoms with Crippen molar-refractivity contribution in [1.82, 2.24) is 0 Å². The molecule has 3 N–H and O–H groups in total. The lowest BCUT2D eigenvalue weighted by Gasteiger charge is -2.13. The fraction of sp³-hybridized carbons (Fsp3) is 0.550. The number of rotatable bonds is 14. The normalized spacial score (nSPS) is 15.1. The molecule has 0 aliphatic heterocycles. The molecule has 0 saturated carbocycles. The lowest BCUT2D eigenvalue weighted by Crippen LogP contribution is -2.23. The highest BCUT2D eigenvalue weighted by atomic mass is 16.4. The predicted octanol–water partition coefficient (Wildman–Crippen LogP) is 4.16. The van der Waals surface area contributed by atoms with Gasteiger partial charge in [0.2, 0.25) is 0 Å². The van der Waals surface area contributed by atoms with Crippen LogP contribution in [0.4, 0.5) is 0 Å². The van der Waals surface area contributed by atoms with Crippen LogP contribution in [0, 0.1) is 0 Å². The van der Waals surface area contributed by atoms with Gasteiger partial charge in [-0.1, -0.05) is 55.5 Å². The maximum Gasteiger partial charge on any atom is 0.303 e. The van der Waals surface area contributed by atoms with Crippen LogP contribution in [0.3, 0.4) is 0 Å². The molecule has 0 aliphatic carbocycles. The molecule has 0 aromatic rings. The van der Waals surface area contributed by atoms with Crippen molar-refractivity contribution in [2.75, 3.05) is 0 Å². The van der Waals surface area contributed by atoms with Crippen molar-refractivity contribution in [2.45, 2.75) is 70.5 Å². The Hall–Kier alpha value is -1.65. The number of aliphatic hydroxyl groups excluding tert-OH is 2. The molecule has 136 valence electrons. The first-order chi connectivity index (χ1) is 11.6. The minimum Gasteiger partial charge on any atom is -0.481 e. The van der Waals surface area contributed by atoms with Crippen molar-refractivity contribution >= 4 is 5.97 Å². The Balaban J connectivity index is 3.57. The summed E-state index contributed by atoms with van der Waals surface area (Å²) in [6.45, 7) is 1.85. The van der Waals surface area contributed by atoms with Crippen LogP contribution in [0.1, 0.15) is 58.3 Å². The molecule has 0 aliphatic rings. The van der Waals surface area contributed by atoms with Crippen LogP contribution in [-0.4, -0.2) is 33.5 Å². The Morgan fingerprint density at radius 2 is 1.33 bits per heavy atom. The number of hydrogen-bond donors (Lipinski definition) is 3. The summed E-state index contributed by atoms with van der Waals surface area (Å²) in [7, 11) is 0. The molecule has 2 unspecified atom stereocenters. The zero-order valence-corrected chi connectivity index (χ0v) is 14.7. The molecule has 0 fully saturated rings. The Kier molecular flexibility index (Phi) is 15.1. The SMILES string of the molecule is CCC(O)C(O)CC=CCC=CCC=CCC=CCCCC(=O)O. The van der Waals surface area contributed by atoms with E-state index in [0.29, 0.717) is 19.3 Å². The highest BCUT2D eigenvalue weighted by molar-refractivity contribution is 5.66. The third-order valence-corrected chi connectivity index (χ3v) is 3.48. The van der Waals surface area contributed by atoms with Crippen LogP contribution in [0.25, 0.3) is 0 Å². The van der Waals surface area contributed by atoms with Gasteiger partial charge in [0.15, 0.2) is 0 Å². The molecular formula is C20H32O4. The highest BCUT2D eigenvalue weighted by Gasteiger charge is 2.11. The maximum absolute atomic E-state index is 10.3. The first-order valence-electron chi connectivity index (χ1n) is 8.75. The Labute approximate surface area is 145 Å². The lowest BCUT2D eigenvalue weighted by atomic mass is 10.1. The number of hydrogen-bond acceptors (Lipinski definition) is 3. The van der Waals surface area contributed by atoms with Gasteiger partial charge in [0.05, 0.1) is 12.2 Å². The van der Waals surface area contributed by atoms with Gasteiger partial charge in [0, 0.05) is 6.42 Å². The standard InChI is InChI=1S/C20H32O4/c1-2-18(21)19(22)16-14-12-10-8-6-4-3-5-7-9-11-13-15-17-20(23)24/h3,5-6,8-9,11-12,14,18-19,21-22H,2,4,7,10,13,15-17H2,1H3,(H,23,24). The van der Waals surface area contributed by atoms with E-state index in [9.17, 15) is 15.0 Å². The summed E-state index contributed by atoms with van der Waals surface area (Å²) in [5.41, 5.74) is 0. The molecule has 0 spiro atoms. The van der Waals surface area contributed by atoms with Crippen molar-refractivity contribution in [1.29, 1.82) is 0 Å². The summed E-state index contributed by atoms with van der Waals surface area (Å²) in [6, 6.07) is 0. The van der Waals surface area contributed by atoms with E-state index in [-0.39, 0.29) is 6.42 Å². The summed E-state index contributed by atoms with van der Waals surface area (Å²) in [6.07, 6.45) is 20.4. The smallest absolute Gasteiger partial charge is 0.303 e. The van der Waals surface area contributed by atoms with Gasteiger partial charge in [-0.2, -0.15) is 0 Å². The number of carboxylic acids is 1. The second-order valence-electron chi connectivity index (χ2n) is 5.66. The van der Waals surface area contributed by atoms with Crippen LogP contribution >= 0.6 is 0 Å². The van der Waals surface area contributed by atoms with Crippen molar-refractivity contribution in [3.8, 4) is 0 Å². The molecule has 2 atom stereocenters. The van der Waals surface area contributed by atoms with E-state index in [4.69, 9.17) is 5.11 Å². The van der Waals surface area contributed by atoms with Gasteiger partial charge in [-0.25, -0.2) is 0 Å². The van der Waals surface area contributed by atoms with Crippen LogP contribution in [0.2, 0.25) is 0 Å². The first kappa shape index (κ1) is 22.4. The molecule has 0 bridgehead atoms. The number of unbranched alkanes of at least 4 members (excludes halogenated alkanes) is 1. The average molecular weight is 336 g/mol. The summed E-state index contributed by atoms with van der Waals surface area (Å²) in [5.74, 6) is -0.736. The molecule has 24 heavy (non-hydrogen) atoms. The van der Waals surface area contributed by atoms with Crippen LogP contribution in [0.5, 0.6) is 0 Å². The third-order valence-electron chi connectivity index (χ3n) is 3.48.